The molecule has 0 saturated carbocycles. The van der Waals surface area contributed by atoms with Crippen LogP contribution in [0.25, 0.3) is 0 Å². The standard InChI is InChI=1S/C11H9ClF3N3OS/c12-7-4-16-2-1-6(7)5-20-10-17-8(11(13,14)15)3-9(19)18-10/h1-2,4,10H,3,5H2,(H,18,19). The number of nitrogens with one attached hydrogen (secondary N) is 1. The maximum absolute atomic E-state index is 12.6. The predicted molar refractivity (Wildman–Crippen MR) is 70.6 cm³/mol. The van der Waals surface area contributed by atoms with Gasteiger partial charge in [-0.1, -0.05) is 11.6 Å². The lowest BCUT2D eigenvalue weighted by Gasteiger charge is -2.22. The Bertz CT molecular complexity index is 550. The van der Waals surface area contributed by atoms with E-state index in [1.165, 1.54) is 12.4 Å². The van der Waals surface area contributed by atoms with Gasteiger partial charge in [0.2, 0.25) is 5.91 Å². The maximum Gasteiger partial charge on any atom is 0.429 e. The average Bonchev–Trinajstić information content (AvgIpc) is 2.36. The van der Waals surface area contributed by atoms with Crippen molar-refractivity contribution in [3.05, 3.63) is 29.0 Å². The molecule has 1 amide bonds. The number of rotatable bonds is 3. The van der Waals surface area contributed by atoms with Crippen LogP contribution in [-0.2, 0) is 10.5 Å². The highest BCUT2D eigenvalue weighted by Crippen LogP contribution is 2.27. The normalized spacial score (nSPS) is 19.5. The first kappa shape index (κ1) is 15.1. The van der Waals surface area contributed by atoms with Crippen LogP contribution in [0.1, 0.15) is 12.0 Å². The Hall–Kier alpha value is -1.28. The smallest absolute Gasteiger partial charge is 0.325 e. The lowest BCUT2D eigenvalue weighted by Crippen LogP contribution is -2.42. The molecular weight excluding hydrogens is 315 g/mol. The van der Waals surface area contributed by atoms with Crippen LogP contribution >= 0.6 is 23.4 Å². The van der Waals surface area contributed by atoms with Crippen molar-refractivity contribution in [3.63, 3.8) is 0 Å². The minimum Gasteiger partial charge on any atom is -0.325 e. The van der Waals surface area contributed by atoms with Crippen molar-refractivity contribution in [3.8, 4) is 0 Å². The summed E-state index contributed by atoms with van der Waals surface area (Å²) in [5, 5.41) is 2.80. The zero-order valence-corrected chi connectivity index (χ0v) is 11.5. The fourth-order valence-corrected chi connectivity index (χ4v) is 2.77. The van der Waals surface area contributed by atoms with E-state index in [-0.39, 0.29) is 0 Å². The van der Waals surface area contributed by atoms with E-state index >= 15 is 0 Å². The van der Waals surface area contributed by atoms with Gasteiger partial charge in [-0.3, -0.25) is 9.78 Å². The Balaban J connectivity index is 2.06. The van der Waals surface area contributed by atoms with Gasteiger partial charge in [0.05, 0.1) is 11.4 Å². The summed E-state index contributed by atoms with van der Waals surface area (Å²) in [4.78, 5) is 18.6. The minimum absolute atomic E-state index is 0.320. The molecule has 1 unspecified atom stereocenters. The molecule has 1 aliphatic rings. The third-order valence-corrected chi connectivity index (χ3v) is 3.82. The highest BCUT2D eigenvalue weighted by atomic mass is 35.5. The molecule has 0 radical (unpaired) electrons. The fourth-order valence-electron chi connectivity index (χ4n) is 1.50. The van der Waals surface area contributed by atoms with E-state index in [0.29, 0.717) is 10.8 Å². The molecule has 1 N–H and O–H groups in total. The number of halogens is 4. The Morgan fingerprint density at radius 2 is 2.25 bits per heavy atom. The van der Waals surface area contributed by atoms with Crippen molar-refractivity contribution in [1.29, 1.82) is 0 Å². The number of alkyl halides is 3. The number of pyridine rings is 1. The van der Waals surface area contributed by atoms with Crippen molar-refractivity contribution >= 4 is 35.0 Å². The van der Waals surface area contributed by atoms with E-state index < -0.39 is 29.7 Å². The first-order valence-electron chi connectivity index (χ1n) is 5.49. The van der Waals surface area contributed by atoms with Gasteiger partial charge in [0.1, 0.15) is 5.71 Å². The second kappa shape index (κ2) is 6.01. The molecule has 20 heavy (non-hydrogen) atoms. The van der Waals surface area contributed by atoms with Crippen LogP contribution in [0.2, 0.25) is 5.02 Å². The molecule has 1 aromatic heterocycles. The summed E-state index contributed by atoms with van der Waals surface area (Å²) >= 11 is 6.95. The lowest BCUT2D eigenvalue weighted by molar-refractivity contribution is -0.121. The largest absolute Gasteiger partial charge is 0.429 e. The average molecular weight is 324 g/mol. The maximum atomic E-state index is 12.6. The second-order valence-electron chi connectivity index (χ2n) is 3.95. The van der Waals surface area contributed by atoms with Crippen LogP contribution in [0.5, 0.6) is 0 Å². The molecule has 4 nitrogen and oxygen atoms in total. The van der Waals surface area contributed by atoms with Crippen LogP contribution in [0.3, 0.4) is 0 Å². The minimum atomic E-state index is -4.58. The number of aromatic nitrogens is 1. The molecule has 1 aromatic rings. The summed E-state index contributed by atoms with van der Waals surface area (Å²) in [5.41, 5.74) is -1.30. The summed E-state index contributed by atoms with van der Waals surface area (Å²) in [5.74, 6) is -0.369. The third kappa shape index (κ3) is 3.86. The van der Waals surface area contributed by atoms with Gasteiger partial charge in [-0.2, -0.15) is 13.2 Å². The van der Waals surface area contributed by atoms with Crippen molar-refractivity contribution in [2.45, 2.75) is 23.8 Å². The van der Waals surface area contributed by atoms with Gasteiger partial charge in [-0.05, 0) is 11.6 Å². The number of hydrogen-bond donors (Lipinski definition) is 1. The first-order valence-corrected chi connectivity index (χ1v) is 6.92. The van der Waals surface area contributed by atoms with Gasteiger partial charge < -0.3 is 5.32 Å². The monoisotopic (exact) mass is 323 g/mol. The van der Waals surface area contributed by atoms with Gasteiger partial charge in [-0.25, -0.2) is 4.99 Å². The summed E-state index contributed by atoms with van der Waals surface area (Å²) in [6.07, 6.45) is -2.34. The van der Waals surface area contributed by atoms with Crippen molar-refractivity contribution in [2.75, 3.05) is 0 Å². The van der Waals surface area contributed by atoms with E-state index in [4.69, 9.17) is 11.6 Å². The van der Waals surface area contributed by atoms with E-state index in [1.54, 1.807) is 6.07 Å². The van der Waals surface area contributed by atoms with Crippen molar-refractivity contribution in [1.82, 2.24) is 10.3 Å². The van der Waals surface area contributed by atoms with Crippen LogP contribution in [0.15, 0.2) is 23.5 Å². The van der Waals surface area contributed by atoms with E-state index in [9.17, 15) is 18.0 Å². The molecular formula is C11H9ClF3N3OS. The molecule has 108 valence electrons. The van der Waals surface area contributed by atoms with Crippen LogP contribution in [0, 0.1) is 0 Å². The molecule has 0 spiro atoms. The van der Waals surface area contributed by atoms with Crippen LogP contribution < -0.4 is 5.32 Å². The molecule has 2 heterocycles. The van der Waals surface area contributed by atoms with Gasteiger partial charge >= 0.3 is 6.18 Å². The number of amides is 1. The number of nitrogens with zero attached hydrogens (tertiary/aromatic N) is 2. The molecule has 0 saturated heterocycles. The van der Waals surface area contributed by atoms with E-state index in [1.807, 2.05) is 0 Å². The number of thioether (sulfide) groups is 1. The highest BCUT2D eigenvalue weighted by Gasteiger charge is 2.39. The van der Waals surface area contributed by atoms with Gasteiger partial charge in [0.15, 0.2) is 5.50 Å². The predicted octanol–water partition coefficient (Wildman–Crippen LogP) is 2.78. The number of aliphatic imine (C=N–C) groups is 1. The topological polar surface area (TPSA) is 54.4 Å². The number of carbonyl (C=O) groups is 1. The summed E-state index contributed by atoms with van der Waals surface area (Å²) in [6.45, 7) is 0. The zero-order chi connectivity index (χ0) is 14.8. The molecule has 1 atom stereocenters. The Labute approximate surface area is 121 Å². The fraction of sp³-hybridized carbons (Fsp3) is 0.364. The van der Waals surface area contributed by atoms with Gasteiger partial charge in [0, 0.05) is 18.1 Å². The number of carbonyl (C=O) groups excluding carboxylic acids is 1. The second-order valence-corrected chi connectivity index (χ2v) is 5.42. The highest BCUT2D eigenvalue weighted by molar-refractivity contribution is 7.99. The Kier molecular flexibility index (Phi) is 4.54. The first-order chi connectivity index (χ1) is 9.36. The van der Waals surface area contributed by atoms with E-state index in [0.717, 1.165) is 17.3 Å². The Morgan fingerprint density at radius 3 is 2.90 bits per heavy atom. The molecule has 9 heteroatoms. The van der Waals surface area contributed by atoms with Crippen molar-refractivity contribution < 1.29 is 18.0 Å². The summed E-state index contributed by atoms with van der Waals surface area (Å²) in [7, 11) is 0. The lowest BCUT2D eigenvalue weighted by atomic mass is 10.2. The van der Waals surface area contributed by atoms with Crippen LogP contribution in [-0.4, -0.2) is 28.3 Å². The third-order valence-electron chi connectivity index (χ3n) is 2.47. The Morgan fingerprint density at radius 1 is 1.50 bits per heavy atom. The van der Waals surface area contributed by atoms with Crippen molar-refractivity contribution in [2.24, 2.45) is 4.99 Å². The van der Waals surface area contributed by atoms with Crippen LogP contribution in [0.4, 0.5) is 13.2 Å². The quantitative estimate of drug-likeness (QED) is 0.930. The molecule has 0 aliphatic carbocycles. The zero-order valence-electron chi connectivity index (χ0n) is 9.95. The SMILES string of the molecule is O=C1CC(C(F)(F)F)=NC(SCc2ccncc2Cl)N1. The molecule has 0 fully saturated rings. The summed E-state index contributed by atoms with van der Waals surface area (Å²) in [6, 6.07) is 1.66. The summed E-state index contributed by atoms with van der Waals surface area (Å²) < 4.78 is 37.7. The van der Waals surface area contributed by atoms with Gasteiger partial charge in [0.25, 0.3) is 0 Å². The molecule has 2 rings (SSSR count). The molecule has 0 aromatic carbocycles. The molecule has 1 aliphatic heterocycles. The van der Waals surface area contributed by atoms with Gasteiger partial charge in [-0.15, -0.1) is 11.8 Å². The van der Waals surface area contributed by atoms with E-state index in [2.05, 4.69) is 15.3 Å². The molecule has 0 bridgehead atoms. The number of hydrogen-bond acceptors (Lipinski definition) is 4.